The quantitative estimate of drug-likeness (QED) is 0.0857. The number of aliphatic hydroxyl groups is 2. The van der Waals surface area contributed by atoms with E-state index in [0.29, 0.717) is 32.4 Å². The second-order valence-corrected chi connectivity index (χ2v) is 27.0. The van der Waals surface area contributed by atoms with Crippen LogP contribution >= 0.6 is 0 Å². The van der Waals surface area contributed by atoms with Crippen LogP contribution in [0.15, 0.2) is 12.3 Å². The molecule has 25 nitrogen and oxygen atoms in total. The number of nitrogens with zero attached hydrogens (tertiary/aromatic N) is 9. The van der Waals surface area contributed by atoms with E-state index in [1.807, 2.05) is 99.2 Å². The highest BCUT2D eigenvalue weighted by atomic mass is 16.6. The molecule has 6 N–H and O–H groups in total. The first-order valence-corrected chi connectivity index (χ1v) is 31.2. The van der Waals surface area contributed by atoms with E-state index in [1.165, 1.54) is 52.0 Å². The highest BCUT2D eigenvalue weighted by Gasteiger charge is 2.45. The number of hydrogen-bond donors (Lipinski definition) is 6. The lowest BCUT2D eigenvalue weighted by Gasteiger charge is -2.40. The number of esters is 1. The molecular formula is C62H113N13O12. The molecule has 3 unspecified atom stereocenters. The number of aliphatic hydroxyl groups excluding tert-OH is 2. The number of aromatic nitrogens is 2. The SMILES string of the molecule is CC(C)C[C@@H]1C(=O)N[C@H](CC(C)C)C(=O)N(C)C(C(C)C)C(=O)N(C)C([C@H](O)[C@H](C)CCN(C)Cc2ccnn2C)C(=O)NC([C@@H](C)O)C(=O)N(C)CC(=O)N(C)[C@@H](CC(C)C)C(=O)N[C@H](CC(C)C)N(C)[C@H](CC(C)C)N[C@H](C)C(=O)OC(=O)N1C. The molecule has 0 aliphatic carbocycles. The normalized spacial score (nSPS) is 25.8. The number of likely N-dealkylation sites (N-methyl/N-ethyl adjacent to an activating group) is 5. The third-order valence-corrected chi connectivity index (χ3v) is 16.3. The smallest absolute Gasteiger partial charge is 0.391 e. The first kappa shape index (κ1) is 77.3. The van der Waals surface area contributed by atoms with Gasteiger partial charge in [0.2, 0.25) is 41.4 Å². The summed E-state index contributed by atoms with van der Waals surface area (Å²) in [6.07, 6.45) is -2.15. The minimum atomic E-state index is -1.73. The van der Waals surface area contributed by atoms with Crippen LogP contribution in [0.1, 0.15) is 148 Å². The van der Waals surface area contributed by atoms with Gasteiger partial charge in [-0.05, 0) is 121 Å². The van der Waals surface area contributed by atoms with Gasteiger partial charge in [-0.25, -0.2) is 9.59 Å². The zero-order valence-electron chi connectivity index (χ0n) is 56.9. The van der Waals surface area contributed by atoms with Crippen molar-refractivity contribution in [2.24, 2.45) is 48.5 Å². The van der Waals surface area contributed by atoms with E-state index in [9.17, 15) is 43.8 Å². The molecule has 2 rings (SSSR count). The maximum Gasteiger partial charge on any atom is 0.417 e. The molecule has 0 spiro atoms. The van der Waals surface area contributed by atoms with Crippen molar-refractivity contribution >= 4 is 53.4 Å². The highest BCUT2D eigenvalue weighted by molar-refractivity contribution is 5.98. The molecular weight excluding hydrogens is 1120 g/mol. The summed E-state index contributed by atoms with van der Waals surface area (Å²) in [6, 6.07) is -7.48. The minimum absolute atomic E-state index is 0.0476. The second-order valence-electron chi connectivity index (χ2n) is 27.0. The van der Waals surface area contributed by atoms with Crippen LogP contribution in [0.3, 0.4) is 0 Å². The zero-order valence-corrected chi connectivity index (χ0v) is 56.9. The molecule has 1 aliphatic rings. The first-order chi connectivity index (χ1) is 40.2. The molecule has 1 aliphatic heterocycles. The van der Waals surface area contributed by atoms with E-state index in [-0.39, 0.29) is 48.9 Å². The van der Waals surface area contributed by atoms with Crippen molar-refractivity contribution in [3.8, 4) is 0 Å². The van der Waals surface area contributed by atoms with Crippen LogP contribution in [-0.4, -0.2) is 237 Å². The third kappa shape index (κ3) is 23.3. The van der Waals surface area contributed by atoms with E-state index < -0.39 is 139 Å². The van der Waals surface area contributed by atoms with Gasteiger partial charge in [-0.2, -0.15) is 5.10 Å². The van der Waals surface area contributed by atoms with E-state index >= 15 is 9.59 Å². The fourth-order valence-corrected chi connectivity index (χ4v) is 11.0. The first-order valence-electron chi connectivity index (χ1n) is 31.2. The van der Waals surface area contributed by atoms with Crippen molar-refractivity contribution in [3.63, 3.8) is 0 Å². The molecule has 87 heavy (non-hydrogen) atoms. The lowest BCUT2D eigenvalue weighted by Crippen LogP contribution is -2.64. The maximum atomic E-state index is 15.3. The Morgan fingerprint density at radius 3 is 1.61 bits per heavy atom. The van der Waals surface area contributed by atoms with Crippen molar-refractivity contribution in [1.29, 1.82) is 0 Å². The average molecular weight is 1230 g/mol. The summed E-state index contributed by atoms with van der Waals surface area (Å²) in [4.78, 5) is 141. The number of carbonyl (C=O) groups is 9. The summed E-state index contributed by atoms with van der Waals surface area (Å²) in [5.41, 5.74) is 0.933. The predicted molar refractivity (Wildman–Crippen MR) is 333 cm³/mol. The van der Waals surface area contributed by atoms with Gasteiger partial charge in [-0.3, -0.25) is 53.4 Å². The van der Waals surface area contributed by atoms with Gasteiger partial charge >= 0.3 is 12.1 Å². The standard InChI is InChI=1S/C62H113N13O12/c1-35(2)28-45-58(82)73(21)52(40(11)12)60(84)74(22)53(54(78)41(13)25-27-68(16)33-44-24-26-63-75(44)23)57(81)67-51(43(15)76)59(83)69(17)34-50(77)70(18)46(29-36(3)4)56(80)66-49(32-39(9)10)72(20)48(31-38(7)8)64-42(14)61(85)87-62(86)71(19)47(30-37(5)6)55(79)65-45/h24,26,35-43,45-49,51-54,64,76,78H,25,27-34H2,1-23H3,(H,65,79)(H,66,80)(H,67,81)/t41-,42-,43-,45-,46+,47-,48-,49+,51?,52?,53?,54-/m1/s1. The van der Waals surface area contributed by atoms with Gasteiger partial charge in [0.15, 0.2) is 0 Å². The molecule has 12 atom stereocenters. The molecule has 498 valence electrons. The van der Waals surface area contributed by atoms with Gasteiger partial charge in [0, 0.05) is 55.0 Å². The summed E-state index contributed by atoms with van der Waals surface area (Å²) in [5, 5.41) is 39.9. The van der Waals surface area contributed by atoms with Crippen LogP contribution in [-0.2, 0) is 56.7 Å². The topological polar surface area (TPSA) is 292 Å². The number of amides is 8. The van der Waals surface area contributed by atoms with Gasteiger partial charge < -0.3 is 55.4 Å². The summed E-state index contributed by atoms with van der Waals surface area (Å²) in [5.74, 6) is -7.73. The molecule has 0 aromatic carbocycles. The largest absolute Gasteiger partial charge is 0.417 e. The summed E-state index contributed by atoms with van der Waals surface area (Å²) >= 11 is 0. The minimum Gasteiger partial charge on any atom is -0.391 e. The van der Waals surface area contributed by atoms with E-state index in [4.69, 9.17) is 4.74 Å². The molecule has 25 heteroatoms. The zero-order chi connectivity index (χ0) is 66.8. The number of carbonyl (C=O) groups excluding carboxylic acids is 9. The van der Waals surface area contributed by atoms with Crippen LogP contribution in [0.4, 0.5) is 4.79 Å². The lowest BCUT2D eigenvalue weighted by molar-refractivity contribution is -0.155. The average Bonchev–Trinajstić information content (AvgIpc) is 2.59. The van der Waals surface area contributed by atoms with Gasteiger partial charge in [-0.15, -0.1) is 0 Å². The van der Waals surface area contributed by atoms with E-state index in [0.717, 1.165) is 20.4 Å². The van der Waals surface area contributed by atoms with E-state index in [1.54, 1.807) is 45.6 Å². The molecule has 1 fully saturated rings. The monoisotopic (exact) mass is 1230 g/mol. The number of aryl methyl sites for hydroxylation is 1. The van der Waals surface area contributed by atoms with Crippen LogP contribution < -0.4 is 21.3 Å². The Labute approximate surface area is 519 Å². The number of rotatable bonds is 19. The van der Waals surface area contributed by atoms with Gasteiger partial charge in [0.05, 0.1) is 36.8 Å². The summed E-state index contributed by atoms with van der Waals surface area (Å²) in [7, 11) is 12.4. The number of nitrogens with one attached hydrogen (secondary N) is 4. The molecule has 2 heterocycles. The number of hydrogen-bond acceptors (Lipinski definition) is 16. The van der Waals surface area contributed by atoms with Crippen molar-refractivity contribution in [1.82, 2.24) is 65.3 Å². The Hall–Kier alpha value is -5.76. The maximum absolute atomic E-state index is 15.3. The Kier molecular flexibility index (Phi) is 31.5. The van der Waals surface area contributed by atoms with Crippen LogP contribution in [0, 0.1) is 41.4 Å². The fourth-order valence-electron chi connectivity index (χ4n) is 11.0. The van der Waals surface area contributed by atoms with Crippen molar-refractivity contribution in [2.75, 3.05) is 62.4 Å². The number of cyclic esters (lactones) is 2. The summed E-state index contributed by atoms with van der Waals surface area (Å²) in [6.45, 7) is 27.5. The fraction of sp³-hybridized carbons (Fsp3) is 0.806. The summed E-state index contributed by atoms with van der Waals surface area (Å²) < 4.78 is 7.24. The molecule has 0 saturated carbocycles. The molecule has 1 aromatic rings. The van der Waals surface area contributed by atoms with E-state index in [2.05, 4.69) is 26.4 Å². The third-order valence-electron chi connectivity index (χ3n) is 16.3. The highest BCUT2D eigenvalue weighted by Crippen LogP contribution is 2.25. The van der Waals surface area contributed by atoms with Crippen molar-refractivity contribution in [3.05, 3.63) is 18.0 Å². The molecule has 0 bridgehead atoms. The van der Waals surface area contributed by atoms with Gasteiger partial charge in [-0.1, -0.05) is 90.0 Å². The second kappa shape index (κ2) is 35.4. The molecule has 1 aromatic heterocycles. The van der Waals surface area contributed by atoms with Gasteiger partial charge in [0.25, 0.3) is 0 Å². The number of ether oxygens (including phenoxy) is 1. The molecule has 0 radical (unpaired) electrons. The lowest BCUT2D eigenvalue weighted by atomic mass is 9.91. The molecule has 1 saturated heterocycles. The van der Waals surface area contributed by atoms with Crippen molar-refractivity contribution < 1.29 is 58.1 Å². The predicted octanol–water partition coefficient (Wildman–Crippen LogP) is 3.07. The Morgan fingerprint density at radius 1 is 0.609 bits per heavy atom. The Balaban J connectivity index is 2.97. The van der Waals surface area contributed by atoms with Crippen molar-refractivity contribution in [2.45, 2.75) is 216 Å². The Morgan fingerprint density at radius 2 is 1.11 bits per heavy atom. The Bertz CT molecular complexity index is 2420. The van der Waals surface area contributed by atoms with Crippen LogP contribution in [0.5, 0.6) is 0 Å². The molecule has 8 amide bonds. The van der Waals surface area contributed by atoms with Crippen LogP contribution in [0.2, 0.25) is 0 Å². The van der Waals surface area contributed by atoms with Crippen LogP contribution in [0.25, 0.3) is 0 Å². The van der Waals surface area contributed by atoms with Gasteiger partial charge in [0.1, 0.15) is 42.3 Å².